The molecule has 5 nitrogen and oxygen atoms in total. The van der Waals surface area contributed by atoms with Gasteiger partial charge in [0.25, 0.3) is 5.56 Å². The Labute approximate surface area is 178 Å². The second-order valence-corrected chi connectivity index (χ2v) is 8.53. The number of benzene rings is 1. The summed E-state index contributed by atoms with van der Waals surface area (Å²) in [4.78, 5) is 26.7. The number of nitrogens with zero attached hydrogens (tertiary/aromatic N) is 3. The molecule has 0 amide bonds. The third-order valence-corrected chi connectivity index (χ3v) is 6.22. The van der Waals surface area contributed by atoms with Crippen LogP contribution in [0.1, 0.15) is 16.8 Å². The van der Waals surface area contributed by atoms with E-state index in [9.17, 15) is 4.79 Å². The molecule has 3 aromatic rings. The first-order valence-corrected chi connectivity index (χ1v) is 10.4. The van der Waals surface area contributed by atoms with Gasteiger partial charge in [0.2, 0.25) is 0 Å². The largest absolute Gasteiger partial charge is 0.306 e. The van der Waals surface area contributed by atoms with E-state index in [1.165, 1.54) is 0 Å². The van der Waals surface area contributed by atoms with Crippen LogP contribution in [0.25, 0.3) is 11.4 Å². The van der Waals surface area contributed by atoms with Crippen LogP contribution in [0.15, 0.2) is 50.4 Å². The Morgan fingerprint density at radius 3 is 2.56 bits per heavy atom. The first-order chi connectivity index (χ1) is 13.0. The van der Waals surface area contributed by atoms with Crippen LogP contribution in [0, 0.1) is 0 Å². The molecule has 1 aliphatic rings. The number of rotatable bonds is 3. The fourth-order valence-electron chi connectivity index (χ4n) is 3.17. The Kier molecular flexibility index (Phi) is 5.45. The molecule has 27 heavy (non-hydrogen) atoms. The smallest absolute Gasteiger partial charge is 0.255 e. The van der Waals surface area contributed by atoms with Crippen LogP contribution in [-0.4, -0.2) is 26.4 Å². The van der Waals surface area contributed by atoms with Gasteiger partial charge in [-0.25, -0.2) is 4.98 Å². The molecule has 1 N–H and O–H groups in total. The Hall–Kier alpha value is -1.54. The highest BCUT2D eigenvalue weighted by Gasteiger charge is 2.22. The standard InChI is InChI=1S/C19H15Br2ClN4O/c20-15-7-23-8-16(21)13(15)9-26-6-5-17-14(10-26)19(27)25-18(24-17)11-1-3-12(22)4-2-11/h1-4,7-8H,5-6,9-10H2,(H,24,25,27). The average Bonchev–Trinajstić information content (AvgIpc) is 2.66. The van der Waals surface area contributed by atoms with Gasteiger partial charge < -0.3 is 4.98 Å². The van der Waals surface area contributed by atoms with E-state index in [0.29, 0.717) is 17.4 Å². The Morgan fingerprint density at radius 2 is 1.85 bits per heavy atom. The molecule has 0 spiro atoms. The molecule has 0 fully saturated rings. The quantitative estimate of drug-likeness (QED) is 0.561. The molecular weight excluding hydrogens is 495 g/mol. The first kappa shape index (κ1) is 18.8. The molecule has 0 radical (unpaired) electrons. The Morgan fingerprint density at radius 1 is 1.15 bits per heavy atom. The van der Waals surface area contributed by atoms with Gasteiger partial charge in [0, 0.05) is 58.0 Å². The van der Waals surface area contributed by atoms with Crippen LogP contribution in [-0.2, 0) is 19.5 Å². The fourth-order valence-corrected chi connectivity index (χ4v) is 4.48. The van der Waals surface area contributed by atoms with Crippen molar-refractivity contribution in [3.8, 4) is 11.4 Å². The molecule has 0 bridgehead atoms. The minimum absolute atomic E-state index is 0.0810. The molecule has 2 aromatic heterocycles. The molecule has 1 aliphatic heterocycles. The number of hydrogen-bond donors (Lipinski definition) is 1. The van der Waals surface area contributed by atoms with Crippen LogP contribution < -0.4 is 5.56 Å². The monoisotopic (exact) mass is 508 g/mol. The fraction of sp³-hybridized carbons (Fsp3) is 0.211. The zero-order valence-electron chi connectivity index (χ0n) is 14.2. The second-order valence-electron chi connectivity index (χ2n) is 6.39. The maximum Gasteiger partial charge on any atom is 0.255 e. The summed E-state index contributed by atoms with van der Waals surface area (Å²) in [5.41, 5.74) is 3.50. The second kappa shape index (κ2) is 7.83. The molecule has 138 valence electrons. The predicted octanol–water partition coefficient (Wildman–Crippen LogP) is 4.57. The summed E-state index contributed by atoms with van der Waals surface area (Å²) in [5.74, 6) is 0.587. The van der Waals surface area contributed by atoms with E-state index in [-0.39, 0.29) is 5.56 Å². The van der Waals surface area contributed by atoms with Crippen molar-refractivity contribution in [3.05, 3.63) is 77.8 Å². The van der Waals surface area contributed by atoms with Gasteiger partial charge >= 0.3 is 0 Å². The van der Waals surface area contributed by atoms with Crippen molar-refractivity contribution in [2.24, 2.45) is 0 Å². The van der Waals surface area contributed by atoms with Gasteiger partial charge in [-0.15, -0.1) is 0 Å². The molecule has 1 aromatic carbocycles. The summed E-state index contributed by atoms with van der Waals surface area (Å²) in [5, 5.41) is 0.656. The van der Waals surface area contributed by atoms with Gasteiger partial charge in [0.15, 0.2) is 0 Å². The Bertz CT molecular complexity index is 1030. The van der Waals surface area contributed by atoms with Crippen molar-refractivity contribution in [2.75, 3.05) is 6.54 Å². The van der Waals surface area contributed by atoms with E-state index in [4.69, 9.17) is 16.6 Å². The van der Waals surface area contributed by atoms with Gasteiger partial charge in [0.1, 0.15) is 5.82 Å². The van der Waals surface area contributed by atoms with Crippen LogP contribution in [0.2, 0.25) is 5.02 Å². The van der Waals surface area contributed by atoms with Gasteiger partial charge in [-0.3, -0.25) is 14.7 Å². The lowest BCUT2D eigenvalue weighted by Crippen LogP contribution is -2.35. The molecule has 8 heteroatoms. The first-order valence-electron chi connectivity index (χ1n) is 8.39. The maximum atomic E-state index is 12.7. The number of aromatic amines is 1. The molecule has 0 unspecified atom stereocenters. The summed E-state index contributed by atoms with van der Waals surface area (Å²) < 4.78 is 1.90. The Balaban J connectivity index is 1.60. The highest BCUT2D eigenvalue weighted by Crippen LogP contribution is 2.27. The lowest BCUT2D eigenvalue weighted by molar-refractivity contribution is 0.241. The van der Waals surface area contributed by atoms with E-state index >= 15 is 0 Å². The highest BCUT2D eigenvalue weighted by atomic mass is 79.9. The van der Waals surface area contributed by atoms with Crippen LogP contribution in [0.3, 0.4) is 0 Å². The number of pyridine rings is 1. The van der Waals surface area contributed by atoms with E-state index in [1.807, 2.05) is 12.1 Å². The van der Waals surface area contributed by atoms with Crippen molar-refractivity contribution in [1.82, 2.24) is 19.9 Å². The third-order valence-electron chi connectivity index (χ3n) is 4.60. The third kappa shape index (κ3) is 4.01. The number of H-pyrrole nitrogens is 1. The van der Waals surface area contributed by atoms with Crippen molar-refractivity contribution in [1.29, 1.82) is 0 Å². The van der Waals surface area contributed by atoms with Gasteiger partial charge in [0.05, 0.1) is 11.3 Å². The molecule has 0 saturated heterocycles. The number of aromatic nitrogens is 3. The van der Waals surface area contributed by atoms with Crippen molar-refractivity contribution < 1.29 is 0 Å². The van der Waals surface area contributed by atoms with Gasteiger partial charge in [-0.05, 0) is 61.7 Å². The lowest BCUT2D eigenvalue weighted by atomic mass is 10.1. The van der Waals surface area contributed by atoms with Crippen LogP contribution in [0.4, 0.5) is 0 Å². The number of hydrogen-bond acceptors (Lipinski definition) is 4. The number of halogens is 3. The number of fused-ring (bicyclic) bond motifs is 1. The molecule has 4 rings (SSSR count). The minimum Gasteiger partial charge on any atom is -0.306 e. The van der Waals surface area contributed by atoms with Crippen LogP contribution >= 0.6 is 43.5 Å². The summed E-state index contributed by atoms with van der Waals surface area (Å²) >= 11 is 13.0. The van der Waals surface area contributed by atoms with Gasteiger partial charge in [-0.1, -0.05) is 11.6 Å². The summed E-state index contributed by atoms with van der Waals surface area (Å²) in [6.07, 6.45) is 4.30. The lowest BCUT2D eigenvalue weighted by Gasteiger charge is -2.28. The summed E-state index contributed by atoms with van der Waals surface area (Å²) in [7, 11) is 0. The topological polar surface area (TPSA) is 61.9 Å². The van der Waals surface area contributed by atoms with Gasteiger partial charge in [-0.2, -0.15) is 0 Å². The van der Waals surface area contributed by atoms with E-state index in [2.05, 4.69) is 46.7 Å². The zero-order chi connectivity index (χ0) is 19.0. The highest BCUT2D eigenvalue weighted by molar-refractivity contribution is 9.11. The van der Waals surface area contributed by atoms with Crippen molar-refractivity contribution in [2.45, 2.75) is 19.5 Å². The minimum atomic E-state index is -0.0810. The SMILES string of the molecule is O=c1[nH]c(-c2ccc(Cl)cc2)nc2c1CN(Cc1c(Br)cncc1Br)CC2. The number of nitrogens with one attached hydrogen (secondary N) is 1. The molecule has 3 heterocycles. The van der Waals surface area contributed by atoms with E-state index < -0.39 is 0 Å². The molecule has 0 saturated carbocycles. The van der Waals surface area contributed by atoms with Crippen molar-refractivity contribution in [3.63, 3.8) is 0 Å². The summed E-state index contributed by atoms with van der Waals surface area (Å²) in [6, 6.07) is 7.31. The normalized spacial score (nSPS) is 14.2. The van der Waals surface area contributed by atoms with Crippen LogP contribution in [0.5, 0.6) is 0 Å². The predicted molar refractivity (Wildman–Crippen MR) is 113 cm³/mol. The zero-order valence-corrected chi connectivity index (χ0v) is 18.1. The van der Waals surface area contributed by atoms with E-state index in [0.717, 1.165) is 50.8 Å². The molecule has 0 atom stereocenters. The molecule has 0 aliphatic carbocycles. The average molecular weight is 511 g/mol. The molecular formula is C19H15Br2ClN4O. The van der Waals surface area contributed by atoms with E-state index in [1.54, 1.807) is 24.5 Å². The maximum absolute atomic E-state index is 12.7. The van der Waals surface area contributed by atoms with Crippen molar-refractivity contribution >= 4 is 43.5 Å². The summed E-state index contributed by atoms with van der Waals surface area (Å²) in [6.45, 7) is 2.13.